The first kappa shape index (κ1) is 11.8. The standard InChI is InChI=1S/C14H21N3/c1-15-12-13-17(14-15)11-7-3-6-10-16-8-4-2-5-9-16/h2,4-5,8-9,12-14H,3,6-7,10-11H2,1H3/q+2. The van der Waals surface area contributed by atoms with Crippen LogP contribution in [0.1, 0.15) is 19.3 Å². The van der Waals surface area contributed by atoms with Crippen LogP contribution in [0.2, 0.25) is 0 Å². The zero-order valence-corrected chi connectivity index (χ0v) is 10.5. The van der Waals surface area contributed by atoms with E-state index in [2.05, 4.69) is 70.1 Å². The van der Waals surface area contributed by atoms with Gasteiger partial charge in [0.15, 0.2) is 12.4 Å². The molecule has 0 spiro atoms. The summed E-state index contributed by atoms with van der Waals surface area (Å²) in [5, 5.41) is 0. The van der Waals surface area contributed by atoms with Gasteiger partial charge in [0.05, 0.1) is 13.6 Å². The maximum Gasteiger partial charge on any atom is 0.243 e. The van der Waals surface area contributed by atoms with E-state index in [0.717, 1.165) is 13.1 Å². The largest absolute Gasteiger partial charge is 0.243 e. The molecule has 0 aliphatic rings. The average Bonchev–Trinajstić information content (AvgIpc) is 2.76. The van der Waals surface area contributed by atoms with E-state index < -0.39 is 0 Å². The molecule has 2 heterocycles. The highest BCUT2D eigenvalue weighted by atomic mass is 15.1. The van der Waals surface area contributed by atoms with Gasteiger partial charge in [-0.15, -0.1) is 0 Å². The van der Waals surface area contributed by atoms with Crippen molar-refractivity contribution in [3.8, 4) is 0 Å². The Hall–Kier alpha value is -1.64. The van der Waals surface area contributed by atoms with Crippen LogP contribution in [0.25, 0.3) is 0 Å². The Morgan fingerprint density at radius 3 is 2.18 bits per heavy atom. The lowest BCUT2D eigenvalue weighted by atomic mass is 10.2. The number of hydrogen-bond donors (Lipinski definition) is 0. The van der Waals surface area contributed by atoms with Gasteiger partial charge in [0.2, 0.25) is 6.33 Å². The molecule has 0 saturated carbocycles. The third kappa shape index (κ3) is 4.02. The second-order valence-corrected chi connectivity index (χ2v) is 4.49. The van der Waals surface area contributed by atoms with E-state index in [4.69, 9.17) is 0 Å². The Labute approximate surface area is 103 Å². The number of aromatic nitrogens is 3. The summed E-state index contributed by atoms with van der Waals surface area (Å²) in [6.45, 7) is 2.25. The Bertz CT molecular complexity index is 434. The molecule has 2 rings (SSSR count). The van der Waals surface area contributed by atoms with Crippen LogP contribution in [-0.2, 0) is 20.1 Å². The van der Waals surface area contributed by atoms with Gasteiger partial charge in [0, 0.05) is 18.6 Å². The van der Waals surface area contributed by atoms with Gasteiger partial charge >= 0.3 is 0 Å². The molecule has 0 aromatic carbocycles. The number of aryl methyl sites for hydroxylation is 3. The van der Waals surface area contributed by atoms with Crippen LogP contribution in [0.4, 0.5) is 0 Å². The fourth-order valence-corrected chi connectivity index (χ4v) is 1.98. The molecular formula is C14H21N3+2. The molecule has 90 valence electrons. The quantitative estimate of drug-likeness (QED) is 0.527. The minimum absolute atomic E-state index is 1.13. The van der Waals surface area contributed by atoms with Gasteiger partial charge in [-0.25, -0.2) is 13.7 Å². The third-order valence-electron chi connectivity index (χ3n) is 2.93. The van der Waals surface area contributed by atoms with Crippen LogP contribution in [0.5, 0.6) is 0 Å². The van der Waals surface area contributed by atoms with Crippen LogP contribution in [-0.4, -0.2) is 4.57 Å². The molecule has 0 fully saturated rings. The van der Waals surface area contributed by atoms with Crippen LogP contribution in [0, 0.1) is 0 Å². The highest BCUT2D eigenvalue weighted by molar-refractivity contribution is 4.83. The second kappa shape index (κ2) is 6.18. The first-order chi connectivity index (χ1) is 8.34. The van der Waals surface area contributed by atoms with Crippen LogP contribution < -0.4 is 9.13 Å². The zero-order chi connectivity index (χ0) is 11.9. The van der Waals surface area contributed by atoms with E-state index in [9.17, 15) is 0 Å². The SMILES string of the molecule is Cn1cc[n+](CCCCC[n+]2ccccc2)c1. The van der Waals surface area contributed by atoms with Crippen LogP contribution in [0.15, 0.2) is 49.3 Å². The Kier molecular flexibility index (Phi) is 4.30. The molecule has 0 aliphatic heterocycles. The monoisotopic (exact) mass is 231 g/mol. The molecule has 0 N–H and O–H groups in total. The summed E-state index contributed by atoms with van der Waals surface area (Å²) in [5.41, 5.74) is 0. The molecule has 0 radical (unpaired) electrons. The summed E-state index contributed by atoms with van der Waals surface area (Å²) in [7, 11) is 2.06. The molecule has 3 heteroatoms. The highest BCUT2D eigenvalue weighted by Crippen LogP contribution is 1.95. The molecule has 2 aromatic heterocycles. The van der Waals surface area contributed by atoms with Crippen molar-refractivity contribution in [3.63, 3.8) is 0 Å². The molecule has 0 unspecified atom stereocenters. The summed E-state index contributed by atoms with van der Waals surface area (Å²) in [6.07, 6.45) is 14.4. The van der Waals surface area contributed by atoms with Crippen molar-refractivity contribution < 1.29 is 9.13 Å². The topological polar surface area (TPSA) is 12.7 Å². The Morgan fingerprint density at radius 1 is 0.824 bits per heavy atom. The lowest BCUT2D eigenvalue weighted by molar-refractivity contribution is -0.700. The van der Waals surface area contributed by atoms with Crippen molar-refractivity contribution >= 4 is 0 Å². The molecule has 0 amide bonds. The molecule has 0 atom stereocenters. The van der Waals surface area contributed by atoms with Crippen molar-refractivity contribution in [2.75, 3.05) is 0 Å². The Balaban J connectivity index is 1.61. The van der Waals surface area contributed by atoms with Gasteiger partial charge in [-0.05, 0) is 12.8 Å². The number of unbranched alkanes of at least 4 members (excludes halogenated alkanes) is 2. The molecule has 3 nitrogen and oxygen atoms in total. The van der Waals surface area contributed by atoms with Gasteiger partial charge in [-0.3, -0.25) is 0 Å². The van der Waals surface area contributed by atoms with Gasteiger partial charge in [0.25, 0.3) is 0 Å². The fourth-order valence-electron chi connectivity index (χ4n) is 1.98. The number of nitrogens with zero attached hydrogens (tertiary/aromatic N) is 3. The van der Waals surface area contributed by atoms with E-state index >= 15 is 0 Å². The van der Waals surface area contributed by atoms with Gasteiger partial charge in [-0.1, -0.05) is 6.07 Å². The maximum atomic E-state index is 2.25. The summed E-state index contributed by atoms with van der Waals surface area (Å²) >= 11 is 0. The number of imidazole rings is 1. The Morgan fingerprint density at radius 2 is 1.53 bits per heavy atom. The lowest BCUT2D eigenvalue weighted by Gasteiger charge is -1.97. The van der Waals surface area contributed by atoms with E-state index in [-0.39, 0.29) is 0 Å². The summed E-state index contributed by atoms with van der Waals surface area (Å²) in [4.78, 5) is 0. The zero-order valence-electron chi connectivity index (χ0n) is 10.5. The molecule has 0 saturated heterocycles. The smallest absolute Gasteiger partial charge is 0.240 e. The lowest BCUT2D eigenvalue weighted by Crippen LogP contribution is -2.33. The van der Waals surface area contributed by atoms with E-state index in [1.807, 2.05) is 0 Å². The third-order valence-corrected chi connectivity index (χ3v) is 2.93. The van der Waals surface area contributed by atoms with E-state index in [0.29, 0.717) is 0 Å². The van der Waals surface area contributed by atoms with E-state index in [1.165, 1.54) is 19.3 Å². The predicted molar refractivity (Wildman–Crippen MR) is 66.1 cm³/mol. The second-order valence-electron chi connectivity index (χ2n) is 4.49. The minimum Gasteiger partial charge on any atom is -0.240 e. The summed E-state index contributed by atoms with van der Waals surface area (Å²) in [6, 6.07) is 6.22. The minimum atomic E-state index is 1.13. The normalized spacial score (nSPS) is 10.6. The van der Waals surface area contributed by atoms with Gasteiger partial charge in [-0.2, -0.15) is 0 Å². The molecular weight excluding hydrogens is 210 g/mol. The van der Waals surface area contributed by atoms with Crippen molar-refractivity contribution in [1.29, 1.82) is 0 Å². The summed E-state index contributed by atoms with van der Waals surface area (Å²) in [5.74, 6) is 0. The number of rotatable bonds is 6. The molecule has 17 heavy (non-hydrogen) atoms. The fraction of sp³-hybridized carbons (Fsp3) is 0.429. The van der Waals surface area contributed by atoms with Gasteiger partial charge in [0.1, 0.15) is 18.9 Å². The molecule has 0 aliphatic carbocycles. The van der Waals surface area contributed by atoms with Gasteiger partial charge < -0.3 is 0 Å². The van der Waals surface area contributed by atoms with Crippen LogP contribution in [0.3, 0.4) is 0 Å². The number of pyridine rings is 1. The maximum absolute atomic E-state index is 2.25. The van der Waals surface area contributed by atoms with Crippen molar-refractivity contribution in [2.45, 2.75) is 32.4 Å². The van der Waals surface area contributed by atoms with Crippen molar-refractivity contribution in [3.05, 3.63) is 49.3 Å². The summed E-state index contributed by atoms with van der Waals surface area (Å²) < 4.78 is 6.57. The van der Waals surface area contributed by atoms with E-state index in [1.54, 1.807) is 0 Å². The van der Waals surface area contributed by atoms with Crippen LogP contribution >= 0.6 is 0 Å². The average molecular weight is 231 g/mol. The van der Waals surface area contributed by atoms with Crippen molar-refractivity contribution in [1.82, 2.24) is 4.57 Å². The highest BCUT2D eigenvalue weighted by Gasteiger charge is 2.01. The molecule has 0 bridgehead atoms. The van der Waals surface area contributed by atoms with Crippen molar-refractivity contribution in [2.24, 2.45) is 7.05 Å². The number of hydrogen-bond acceptors (Lipinski definition) is 0. The first-order valence-corrected chi connectivity index (χ1v) is 6.30. The predicted octanol–water partition coefficient (Wildman–Crippen LogP) is 1.47. The first-order valence-electron chi connectivity index (χ1n) is 6.30. The molecule has 2 aromatic rings.